The van der Waals surface area contributed by atoms with E-state index in [9.17, 15) is 4.79 Å². The van der Waals surface area contributed by atoms with E-state index in [1.165, 1.54) is 4.90 Å². The van der Waals surface area contributed by atoms with Crippen LogP contribution in [0, 0.1) is 5.92 Å². The predicted molar refractivity (Wildman–Crippen MR) is 84.4 cm³/mol. The van der Waals surface area contributed by atoms with E-state index in [-0.39, 0.29) is 12.6 Å². The van der Waals surface area contributed by atoms with Crippen molar-refractivity contribution in [3.63, 3.8) is 0 Å². The molecule has 0 heterocycles. The van der Waals surface area contributed by atoms with Crippen molar-refractivity contribution in [1.82, 2.24) is 4.90 Å². The van der Waals surface area contributed by atoms with Gasteiger partial charge in [0, 0.05) is 7.05 Å². The highest BCUT2D eigenvalue weighted by atomic mass is 32.1. The van der Waals surface area contributed by atoms with Crippen LogP contribution in [0.5, 0.6) is 0 Å². The number of ether oxygens (including phenoxy) is 1. The lowest BCUT2D eigenvalue weighted by Gasteiger charge is -2.27. The Labute approximate surface area is 125 Å². The largest absolute Gasteiger partial charge is 0.445 e. The van der Waals surface area contributed by atoms with Gasteiger partial charge in [-0.2, -0.15) is 0 Å². The van der Waals surface area contributed by atoms with E-state index in [1.54, 1.807) is 7.05 Å². The summed E-state index contributed by atoms with van der Waals surface area (Å²) in [4.78, 5) is 13.8. The lowest BCUT2D eigenvalue weighted by Crippen LogP contribution is -2.45. The number of nitrogens with zero attached hydrogens (tertiary/aromatic N) is 1. The predicted octanol–water partition coefficient (Wildman–Crippen LogP) is 2.96. The van der Waals surface area contributed by atoms with Crippen molar-refractivity contribution in [2.24, 2.45) is 11.7 Å². The Morgan fingerprint density at radius 3 is 2.45 bits per heavy atom. The van der Waals surface area contributed by atoms with Crippen LogP contribution >= 0.6 is 12.2 Å². The van der Waals surface area contributed by atoms with Gasteiger partial charge in [0.1, 0.15) is 6.61 Å². The molecule has 0 aliphatic carbocycles. The standard InChI is InChI=1S/C15H22N2O2S/c1-11(2)9-13(14(16)20)17(3)15(18)19-10-12-7-5-4-6-8-12/h4-8,11,13H,9-10H2,1-3H3,(H2,16,20). The summed E-state index contributed by atoms with van der Waals surface area (Å²) in [7, 11) is 1.67. The van der Waals surface area contributed by atoms with Crippen molar-refractivity contribution in [1.29, 1.82) is 0 Å². The molecule has 4 nitrogen and oxygen atoms in total. The van der Waals surface area contributed by atoms with Gasteiger partial charge in [0.05, 0.1) is 11.0 Å². The first-order valence-electron chi connectivity index (χ1n) is 6.64. The molecule has 1 atom stereocenters. The van der Waals surface area contributed by atoms with Crippen molar-refractivity contribution in [3.05, 3.63) is 35.9 Å². The zero-order chi connectivity index (χ0) is 15.1. The van der Waals surface area contributed by atoms with Crippen molar-refractivity contribution >= 4 is 23.3 Å². The van der Waals surface area contributed by atoms with E-state index in [1.807, 2.05) is 30.3 Å². The number of amides is 1. The molecule has 0 aliphatic heterocycles. The fourth-order valence-electron chi connectivity index (χ4n) is 1.86. The van der Waals surface area contributed by atoms with E-state index >= 15 is 0 Å². The fourth-order valence-corrected chi connectivity index (χ4v) is 2.11. The first-order chi connectivity index (χ1) is 9.41. The molecule has 1 aromatic rings. The maximum Gasteiger partial charge on any atom is 0.410 e. The van der Waals surface area contributed by atoms with Crippen LogP contribution in [0.1, 0.15) is 25.8 Å². The molecular formula is C15H22N2O2S. The van der Waals surface area contributed by atoms with Crippen LogP contribution in [-0.2, 0) is 11.3 Å². The van der Waals surface area contributed by atoms with Crippen LogP contribution in [0.4, 0.5) is 4.79 Å². The second-order valence-electron chi connectivity index (χ2n) is 5.20. The van der Waals surface area contributed by atoms with E-state index in [0.717, 1.165) is 12.0 Å². The zero-order valence-electron chi connectivity index (χ0n) is 12.2. The van der Waals surface area contributed by atoms with Crippen LogP contribution in [0.15, 0.2) is 30.3 Å². The van der Waals surface area contributed by atoms with Crippen molar-refractivity contribution in [3.8, 4) is 0 Å². The van der Waals surface area contributed by atoms with Gasteiger partial charge in [-0.15, -0.1) is 0 Å². The molecule has 20 heavy (non-hydrogen) atoms. The molecular weight excluding hydrogens is 272 g/mol. The Morgan fingerprint density at radius 2 is 1.95 bits per heavy atom. The SMILES string of the molecule is CC(C)CC(C(N)=S)N(C)C(=O)OCc1ccccc1. The summed E-state index contributed by atoms with van der Waals surface area (Å²) in [5, 5.41) is 0. The third-order valence-corrected chi connectivity index (χ3v) is 3.26. The molecule has 0 aliphatic rings. The summed E-state index contributed by atoms with van der Waals surface area (Å²) < 4.78 is 5.27. The average molecular weight is 294 g/mol. The third-order valence-electron chi connectivity index (χ3n) is 2.98. The molecule has 0 fully saturated rings. The number of likely N-dealkylation sites (N-methyl/N-ethyl adjacent to an activating group) is 1. The highest BCUT2D eigenvalue weighted by Gasteiger charge is 2.24. The Kier molecular flexibility index (Phi) is 6.45. The molecule has 1 amide bonds. The number of hydrogen-bond acceptors (Lipinski definition) is 3. The van der Waals surface area contributed by atoms with Crippen LogP contribution < -0.4 is 5.73 Å². The number of nitrogens with two attached hydrogens (primary N) is 1. The zero-order valence-corrected chi connectivity index (χ0v) is 13.0. The first-order valence-corrected chi connectivity index (χ1v) is 7.05. The molecule has 0 saturated heterocycles. The van der Waals surface area contributed by atoms with Crippen molar-refractivity contribution < 1.29 is 9.53 Å². The Hall–Kier alpha value is -1.62. The van der Waals surface area contributed by atoms with Crippen LogP contribution in [0.2, 0.25) is 0 Å². The van der Waals surface area contributed by atoms with Crippen molar-refractivity contribution in [2.45, 2.75) is 32.9 Å². The molecule has 1 aromatic carbocycles. The molecule has 0 bridgehead atoms. The fraction of sp³-hybridized carbons (Fsp3) is 0.467. The summed E-state index contributed by atoms with van der Waals surface area (Å²) in [5.74, 6) is 0.394. The third kappa shape index (κ3) is 5.17. The van der Waals surface area contributed by atoms with E-state index in [0.29, 0.717) is 10.9 Å². The molecule has 0 radical (unpaired) electrons. The monoisotopic (exact) mass is 294 g/mol. The summed E-state index contributed by atoms with van der Waals surface area (Å²) in [5.41, 5.74) is 6.66. The van der Waals surface area contributed by atoms with Gasteiger partial charge in [-0.25, -0.2) is 4.79 Å². The Bertz CT molecular complexity index is 448. The maximum absolute atomic E-state index is 12.0. The minimum Gasteiger partial charge on any atom is -0.445 e. The number of carbonyl (C=O) groups excluding carboxylic acids is 1. The van der Waals surface area contributed by atoms with Crippen LogP contribution in [0.3, 0.4) is 0 Å². The van der Waals surface area contributed by atoms with Gasteiger partial charge in [0.15, 0.2) is 0 Å². The second kappa shape index (κ2) is 7.85. The van der Waals surface area contributed by atoms with Gasteiger partial charge in [-0.05, 0) is 17.9 Å². The Balaban J connectivity index is 2.58. The summed E-state index contributed by atoms with van der Waals surface area (Å²) in [6.45, 7) is 4.37. The topological polar surface area (TPSA) is 55.6 Å². The summed E-state index contributed by atoms with van der Waals surface area (Å²) >= 11 is 5.04. The molecule has 0 spiro atoms. The van der Waals surface area contributed by atoms with Gasteiger partial charge in [-0.1, -0.05) is 56.4 Å². The highest BCUT2D eigenvalue weighted by molar-refractivity contribution is 7.80. The van der Waals surface area contributed by atoms with Gasteiger partial charge in [0.2, 0.25) is 0 Å². The lowest BCUT2D eigenvalue weighted by molar-refractivity contribution is 0.0968. The highest BCUT2D eigenvalue weighted by Crippen LogP contribution is 2.12. The average Bonchev–Trinajstić information content (AvgIpc) is 2.42. The number of carbonyl (C=O) groups is 1. The van der Waals surface area contributed by atoms with Gasteiger partial charge in [0.25, 0.3) is 0 Å². The summed E-state index contributed by atoms with van der Waals surface area (Å²) in [6.07, 6.45) is 0.319. The number of rotatable bonds is 6. The molecule has 110 valence electrons. The normalized spacial score (nSPS) is 12.0. The van der Waals surface area contributed by atoms with Gasteiger partial charge in [-0.3, -0.25) is 0 Å². The molecule has 5 heteroatoms. The molecule has 1 rings (SSSR count). The van der Waals surface area contributed by atoms with E-state index in [4.69, 9.17) is 22.7 Å². The number of hydrogen-bond donors (Lipinski definition) is 1. The molecule has 1 unspecified atom stereocenters. The lowest BCUT2D eigenvalue weighted by atomic mass is 10.0. The quantitative estimate of drug-likeness (QED) is 0.820. The van der Waals surface area contributed by atoms with Crippen LogP contribution in [0.25, 0.3) is 0 Å². The maximum atomic E-state index is 12.0. The molecule has 0 saturated carbocycles. The minimum atomic E-state index is -0.410. The van der Waals surface area contributed by atoms with Crippen molar-refractivity contribution in [2.75, 3.05) is 7.05 Å². The molecule has 0 aromatic heterocycles. The molecule has 2 N–H and O–H groups in total. The van der Waals surface area contributed by atoms with Gasteiger partial charge >= 0.3 is 6.09 Å². The second-order valence-corrected chi connectivity index (χ2v) is 5.67. The summed E-state index contributed by atoms with van der Waals surface area (Å²) in [6, 6.07) is 9.28. The van der Waals surface area contributed by atoms with Gasteiger partial charge < -0.3 is 15.4 Å². The Morgan fingerprint density at radius 1 is 1.35 bits per heavy atom. The minimum absolute atomic E-state index is 0.246. The number of benzene rings is 1. The van der Waals surface area contributed by atoms with E-state index < -0.39 is 6.09 Å². The number of thiocarbonyl (C=S) groups is 1. The van der Waals surface area contributed by atoms with E-state index in [2.05, 4.69) is 13.8 Å². The van der Waals surface area contributed by atoms with Crippen LogP contribution in [-0.4, -0.2) is 29.1 Å². The smallest absolute Gasteiger partial charge is 0.410 e. The first kappa shape index (κ1) is 16.4.